The average molecular weight is 423 g/mol. The molecule has 0 unspecified atom stereocenters. The summed E-state index contributed by atoms with van der Waals surface area (Å²) in [6, 6.07) is 13.9. The summed E-state index contributed by atoms with van der Waals surface area (Å²) in [4.78, 5) is 23.6. The van der Waals surface area contributed by atoms with Crippen LogP contribution in [0.15, 0.2) is 65.2 Å². The lowest BCUT2D eigenvalue weighted by Crippen LogP contribution is -2.32. The first-order valence-corrected chi connectivity index (χ1v) is 8.68. The maximum absolute atomic E-state index is 11.5. The second-order valence-corrected chi connectivity index (χ2v) is 6.51. The first kappa shape index (κ1) is 19.0. The standard InChI is InChI=1S/C11H10BrNO.C7H7ClN2O/c12-9-4-6-10(7-5-9)13-8-2-1-3-11(13)14;8-5-1-3-6(4-2-5)10-7(9)11/h1,3-7H,2,8H2;1-4H,(H3,9,10,11). The number of amides is 3. The number of hydrogen-bond donors (Lipinski definition) is 2. The van der Waals surface area contributed by atoms with Crippen LogP contribution in [-0.4, -0.2) is 18.5 Å². The van der Waals surface area contributed by atoms with Gasteiger partial charge in [0.05, 0.1) is 0 Å². The van der Waals surface area contributed by atoms with E-state index in [1.54, 1.807) is 35.2 Å². The SMILES string of the molecule is NC(=O)Nc1ccc(Cl)cc1.O=C1C=CCCN1c1ccc(Br)cc1. The smallest absolute Gasteiger partial charge is 0.316 e. The summed E-state index contributed by atoms with van der Waals surface area (Å²) in [7, 11) is 0. The molecule has 1 heterocycles. The van der Waals surface area contributed by atoms with E-state index >= 15 is 0 Å². The largest absolute Gasteiger partial charge is 0.351 e. The number of carbonyl (C=O) groups excluding carboxylic acids is 2. The number of nitrogens with two attached hydrogens (primary N) is 1. The number of nitrogens with zero attached hydrogens (tertiary/aromatic N) is 1. The Kier molecular flexibility index (Phi) is 7.03. The van der Waals surface area contributed by atoms with Crippen LogP contribution in [0.3, 0.4) is 0 Å². The lowest BCUT2D eigenvalue weighted by atomic mass is 10.2. The van der Waals surface area contributed by atoms with Crippen LogP contribution < -0.4 is 16.0 Å². The van der Waals surface area contributed by atoms with E-state index < -0.39 is 6.03 Å². The minimum absolute atomic E-state index is 0.0681. The van der Waals surface area contributed by atoms with Gasteiger partial charge in [0.25, 0.3) is 5.91 Å². The van der Waals surface area contributed by atoms with E-state index in [-0.39, 0.29) is 5.91 Å². The molecule has 3 rings (SSSR count). The fourth-order valence-electron chi connectivity index (χ4n) is 2.14. The molecule has 0 bridgehead atoms. The summed E-state index contributed by atoms with van der Waals surface area (Å²) in [5.74, 6) is 0.0681. The van der Waals surface area contributed by atoms with Gasteiger partial charge >= 0.3 is 6.03 Å². The van der Waals surface area contributed by atoms with Gasteiger partial charge in [0.2, 0.25) is 0 Å². The summed E-state index contributed by atoms with van der Waals surface area (Å²) in [5, 5.41) is 3.04. The molecular formula is C18H17BrClN3O2. The van der Waals surface area contributed by atoms with Crippen LogP contribution in [0.5, 0.6) is 0 Å². The van der Waals surface area contributed by atoms with Crippen LogP contribution in [-0.2, 0) is 4.79 Å². The molecule has 0 aliphatic carbocycles. The van der Waals surface area contributed by atoms with E-state index in [0.717, 1.165) is 23.1 Å². The van der Waals surface area contributed by atoms with Crippen molar-refractivity contribution in [2.45, 2.75) is 6.42 Å². The molecule has 2 aromatic carbocycles. The minimum atomic E-state index is -0.577. The Hall–Kier alpha value is -2.31. The molecule has 130 valence electrons. The van der Waals surface area contributed by atoms with Crippen LogP contribution in [0.2, 0.25) is 5.02 Å². The summed E-state index contributed by atoms with van der Waals surface area (Å²) in [6.45, 7) is 0.775. The van der Waals surface area contributed by atoms with Crippen LogP contribution in [0.4, 0.5) is 16.2 Å². The van der Waals surface area contributed by atoms with E-state index in [1.807, 2.05) is 30.3 Å². The van der Waals surface area contributed by atoms with Gasteiger partial charge in [-0.05, 0) is 61.0 Å². The highest BCUT2D eigenvalue weighted by Crippen LogP contribution is 2.20. The molecular weight excluding hydrogens is 406 g/mol. The topological polar surface area (TPSA) is 75.4 Å². The maximum atomic E-state index is 11.5. The van der Waals surface area contributed by atoms with Crippen LogP contribution in [0.25, 0.3) is 0 Å². The Labute approximate surface area is 159 Å². The molecule has 3 N–H and O–H groups in total. The highest BCUT2D eigenvalue weighted by molar-refractivity contribution is 9.10. The molecule has 7 heteroatoms. The van der Waals surface area contributed by atoms with Crippen LogP contribution in [0.1, 0.15) is 6.42 Å². The zero-order valence-electron chi connectivity index (χ0n) is 13.3. The van der Waals surface area contributed by atoms with Crippen molar-refractivity contribution >= 4 is 50.8 Å². The van der Waals surface area contributed by atoms with Gasteiger partial charge in [0.1, 0.15) is 0 Å². The number of urea groups is 1. The van der Waals surface area contributed by atoms with Crippen molar-refractivity contribution in [1.82, 2.24) is 0 Å². The van der Waals surface area contributed by atoms with Crippen LogP contribution in [0, 0.1) is 0 Å². The van der Waals surface area contributed by atoms with Gasteiger partial charge < -0.3 is 16.0 Å². The molecule has 0 saturated carbocycles. The molecule has 0 spiro atoms. The van der Waals surface area contributed by atoms with Crippen molar-refractivity contribution in [3.63, 3.8) is 0 Å². The van der Waals surface area contributed by atoms with E-state index in [9.17, 15) is 9.59 Å². The molecule has 5 nitrogen and oxygen atoms in total. The number of nitrogens with one attached hydrogen (secondary N) is 1. The highest BCUT2D eigenvalue weighted by Gasteiger charge is 2.14. The summed E-state index contributed by atoms with van der Waals surface area (Å²) in [5.41, 5.74) is 6.48. The quantitative estimate of drug-likeness (QED) is 0.743. The van der Waals surface area contributed by atoms with Gasteiger partial charge in [-0.15, -0.1) is 0 Å². The fourth-order valence-corrected chi connectivity index (χ4v) is 2.53. The molecule has 1 aliphatic heterocycles. The van der Waals surface area contributed by atoms with Crippen molar-refractivity contribution in [2.24, 2.45) is 5.73 Å². The molecule has 0 radical (unpaired) electrons. The Morgan fingerprint density at radius 2 is 1.76 bits per heavy atom. The van der Waals surface area contributed by atoms with E-state index in [2.05, 4.69) is 21.2 Å². The van der Waals surface area contributed by atoms with Gasteiger partial charge in [-0.3, -0.25) is 4.79 Å². The van der Waals surface area contributed by atoms with Crippen molar-refractivity contribution in [2.75, 3.05) is 16.8 Å². The second-order valence-electron chi connectivity index (χ2n) is 5.15. The molecule has 0 aromatic heterocycles. The predicted molar refractivity (Wildman–Crippen MR) is 105 cm³/mol. The number of halogens is 2. The molecule has 2 aromatic rings. The number of anilines is 2. The monoisotopic (exact) mass is 421 g/mol. The predicted octanol–water partition coefficient (Wildman–Crippen LogP) is 4.57. The zero-order valence-corrected chi connectivity index (χ0v) is 15.6. The second kappa shape index (κ2) is 9.25. The van der Waals surface area contributed by atoms with Crippen molar-refractivity contribution in [3.8, 4) is 0 Å². The van der Waals surface area contributed by atoms with Crippen molar-refractivity contribution < 1.29 is 9.59 Å². The Balaban J connectivity index is 0.000000186. The van der Waals surface area contributed by atoms with E-state index in [0.29, 0.717) is 10.7 Å². The summed E-state index contributed by atoms with van der Waals surface area (Å²) >= 11 is 8.97. The van der Waals surface area contributed by atoms with Gasteiger partial charge in [-0.25, -0.2) is 4.79 Å². The lowest BCUT2D eigenvalue weighted by Gasteiger charge is -2.23. The lowest BCUT2D eigenvalue weighted by molar-refractivity contribution is -0.114. The number of rotatable bonds is 2. The number of benzene rings is 2. The van der Waals surface area contributed by atoms with Gasteiger partial charge in [-0.2, -0.15) is 0 Å². The Morgan fingerprint density at radius 3 is 2.32 bits per heavy atom. The third-order valence-corrected chi connectivity index (χ3v) is 4.08. The Bertz CT molecular complexity index is 761. The van der Waals surface area contributed by atoms with Gasteiger partial charge in [0, 0.05) is 27.4 Å². The number of primary amides is 1. The zero-order chi connectivity index (χ0) is 18.2. The molecule has 0 atom stereocenters. The maximum Gasteiger partial charge on any atom is 0.316 e. The Morgan fingerprint density at radius 1 is 1.12 bits per heavy atom. The normalized spacial score (nSPS) is 13.0. The van der Waals surface area contributed by atoms with E-state index in [4.69, 9.17) is 17.3 Å². The molecule has 1 aliphatic rings. The summed E-state index contributed by atoms with van der Waals surface area (Å²) < 4.78 is 1.03. The summed E-state index contributed by atoms with van der Waals surface area (Å²) in [6.07, 6.45) is 4.48. The van der Waals surface area contributed by atoms with Crippen molar-refractivity contribution in [3.05, 3.63) is 70.2 Å². The first-order valence-electron chi connectivity index (χ1n) is 7.51. The average Bonchev–Trinajstić information content (AvgIpc) is 2.59. The molecule has 0 saturated heterocycles. The number of hydrogen-bond acceptors (Lipinski definition) is 2. The molecule has 0 fully saturated rings. The third-order valence-electron chi connectivity index (χ3n) is 3.30. The highest BCUT2D eigenvalue weighted by atomic mass is 79.9. The van der Waals surface area contributed by atoms with Crippen molar-refractivity contribution in [1.29, 1.82) is 0 Å². The first-order chi connectivity index (χ1) is 12.0. The van der Waals surface area contributed by atoms with Crippen LogP contribution >= 0.6 is 27.5 Å². The minimum Gasteiger partial charge on any atom is -0.351 e. The van der Waals surface area contributed by atoms with Gasteiger partial charge in [0.15, 0.2) is 0 Å². The molecule has 3 amide bonds. The third kappa shape index (κ3) is 6.25. The fraction of sp³-hybridized carbons (Fsp3) is 0.111. The molecule has 25 heavy (non-hydrogen) atoms. The number of carbonyl (C=O) groups is 2. The van der Waals surface area contributed by atoms with E-state index in [1.165, 1.54) is 0 Å². The van der Waals surface area contributed by atoms with Gasteiger partial charge in [-0.1, -0.05) is 33.6 Å².